The zero-order valence-electron chi connectivity index (χ0n) is 17.5. The number of aromatic nitrogens is 1. The highest BCUT2D eigenvalue weighted by Crippen LogP contribution is 2.30. The molecule has 1 aromatic heterocycles. The average Bonchev–Trinajstić information content (AvgIpc) is 3.05. The molecule has 0 saturated carbocycles. The number of hydrogen-bond donors (Lipinski definition) is 2. The number of amides is 4. The summed E-state index contributed by atoms with van der Waals surface area (Å²) in [5.74, 6) is -1.99. The van der Waals surface area contributed by atoms with E-state index in [-0.39, 0.29) is 24.8 Å². The number of pyridine rings is 1. The van der Waals surface area contributed by atoms with Crippen LogP contribution in [0.15, 0.2) is 42.7 Å². The number of carbonyl (C=O) groups is 3. The largest absolute Gasteiger partial charge is 0.365 e. The van der Waals surface area contributed by atoms with Crippen molar-refractivity contribution in [3.8, 4) is 0 Å². The van der Waals surface area contributed by atoms with Gasteiger partial charge in [-0.05, 0) is 31.5 Å². The summed E-state index contributed by atoms with van der Waals surface area (Å²) < 4.78 is 27.2. The van der Waals surface area contributed by atoms with Crippen molar-refractivity contribution >= 4 is 23.5 Å². The Bertz CT molecular complexity index is 1030. The second kappa shape index (κ2) is 8.52. The third kappa shape index (κ3) is 4.12. The van der Waals surface area contributed by atoms with E-state index in [4.69, 9.17) is 0 Å². The molecule has 0 spiro atoms. The minimum Gasteiger partial charge on any atom is -0.365 e. The minimum absolute atomic E-state index is 0.0317. The number of piperazine rings is 1. The molecule has 0 unspecified atom stereocenters. The molecule has 4 rings (SSSR count). The number of nitrogens with one attached hydrogen (secondary N) is 2. The highest BCUT2D eigenvalue weighted by atomic mass is 19.1. The summed E-state index contributed by atoms with van der Waals surface area (Å²) in [6.07, 6.45) is 3.17. The molecule has 2 N–H and O–H groups in total. The van der Waals surface area contributed by atoms with Crippen molar-refractivity contribution in [1.82, 2.24) is 20.5 Å². The van der Waals surface area contributed by atoms with Crippen LogP contribution >= 0.6 is 0 Å². The van der Waals surface area contributed by atoms with Crippen LogP contribution in [0.4, 0.5) is 19.3 Å². The molecule has 0 aliphatic carbocycles. The second-order valence-electron chi connectivity index (χ2n) is 8.07. The summed E-state index contributed by atoms with van der Waals surface area (Å²) in [7, 11) is 0. The van der Waals surface area contributed by atoms with Gasteiger partial charge in [0.15, 0.2) is 0 Å². The van der Waals surface area contributed by atoms with Gasteiger partial charge >= 0.3 is 6.03 Å². The first-order chi connectivity index (χ1) is 15.3. The number of nitrogens with zero attached hydrogens (tertiary/aromatic N) is 3. The van der Waals surface area contributed by atoms with E-state index in [9.17, 15) is 23.2 Å². The van der Waals surface area contributed by atoms with Crippen molar-refractivity contribution in [2.75, 3.05) is 24.5 Å². The maximum absolute atomic E-state index is 13.6. The van der Waals surface area contributed by atoms with Crippen LogP contribution in [0.1, 0.15) is 25.3 Å². The number of anilines is 1. The molecular formula is C22H23F2N5O3. The van der Waals surface area contributed by atoms with Gasteiger partial charge in [0, 0.05) is 61.8 Å². The lowest BCUT2D eigenvalue weighted by Crippen LogP contribution is -2.54. The van der Waals surface area contributed by atoms with Gasteiger partial charge < -0.3 is 15.1 Å². The maximum atomic E-state index is 13.6. The van der Waals surface area contributed by atoms with E-state index >= 15 is 0 Å². The van der Waals surface area contributed by atoms with E-state index in [1.807, 2.05) is 11.8 Å². The smallest absolute Gasteiger partial charge is 0.322 e. The number of rotatable bonds is 5. The number of hydrogen-bond acceptors (Lipinski definition) is 5. The molecule has 32 heavy (non-hydrogen) atoms. The summed E-state index contributed by atoms with van der Waals surface area (Å²) in [5, 5.41) is 4.89. The topological polar surface area (TPSA) is 94.6 Å². The van der Waals surface area contributed by atoms with Gasteiger partial charge in [0.25, 0.3) is 5.91 Å². The predicted molar refractivity (Wildman–Crippen MR) is 112 cm³/mol. The third-order valence-electron chi connectivity index (χ3n) is 5.97. The van der Waals surface area contributed by atoms with Gasteiger partial charge in [-0.2, -0.15) is 0 Å². The number of imide groups is 1. The third-order valence-corrected chi connectivity index (χ3v) is 5.97. The molecule has 0 radical (unpaired) electrons. The van der Waals surface area contributed by atoms with E-state index in [1.165, 1.54) is 18.3 Å². The van der Waals surface area contributed by atoms with Crippen molar-refractivity contribution in [2.45, 2.75) is 31.3 Å². The van der Waals surface area contributed by atoms with Crippen LogP contribution in [0.2, 0.25) is 0 Å². The lowest BCUT2D eigenvalue weighted by molar-refractivity contribution is -0.133. The lowest BCUT2D eigenvalue weighted by atomic mass is 9.86. The number of carbonyl (C=O) groups excluding carboxylic acids is 3. The predicted octanol–water partition coefficient (Wildman–Crippen LogP) is 1.91. The fraction of sp³-hybridized carbons (Fsp3) is 0.364. The van der Waals surface area contributed by atoms with Gasteiger partial charge in [0.1, 0.15) is 17.2 Å². The molecule has 2 fully saturated rings. The fourth-order valence-electron chi connectivity index (χ4n) is 4.36. The molecule has 10 heteroatoms. The van der Waals surface area contributed by atoms with E-state index < -0.39 is 29.1 Å². The first kappa shape index (κ1) is 21.7. The van der Waals surface area contributed by atoms with Gasteiger partial charge in [-0.25, -0.2) is 13.6 Å². The lowest BCUT2D eigenvalue weighted by Gasteiger charge is -2.41. The minimum atomic E-state index is -1.35. The quantitative estimate of drug-likeness (QED) is 0.689. The molecule has 3 heterocycles. The monoisotopic (exact) mass is 443 g/mol. The summed E-state index contributed by atoms with van der Waals surface area (Å²) in [4.78, 5) is 44.9. The van der Waals surface area contributed by atoms with Crippen LogP contribution in [-0.4, -0.2) is 53.4 Å². The van der Waals surface area contributed by atoms with Crippen LogP contribution in [0.3, 0.4) is 0 Å². The summed E-state index contributed by atoms with van der Waals surface area (Å²) in [6.45, 7) is 3.04. The van der Waals surface area contributed by atoms with Crippen molar-refractivity contribution in [3.63, 3.8) is 0 Å². The van der Waals surface area contributed by atoms with Crippen molar-refractivity contribution in [2.24, 2.45) is 0 Å². The maximum Gasteiger partial charge on any atom is 0.322 e. The molecule has 2 saturated heterocycles. The van der Waals surface area contributed by atoms with Crippen molar-refractivity contribution in [1.29, 1.82) is 0 Å². The Balaban J connectivity index is 1.43. The molecule has 1 aromatic carbocycles. The summed E-state index contributed by atoms with van der Waals surface area (Å²) >= 11 is 0. The molecule has 2 aromatic rings. The normalized spacial score (nSPS) is 23.2. The average molecular weight is 443 g/mol. The highest BCUT2D eigenvalue weighted by Gasteiger charge is 2.48. The second-order valence-corrected chi connectivity index (χ2v) is 8.07. The zero-order chi connectivity index (χ0) is 22.9. The SMILES string of the molecule is C[C@H]1CN(C(=O)CC[C@@]2(c3cccnc3)NC(=O)NC2=O)CCN1c1cc(F)cc(F)c1. The van der Waals surface area contributed by atoms with Crippen LogP contribution in [0.5, 0.6) is 0 Å². The summed E-state index contributed by atoms with van der Waals surface area (Å²) in [6, 6.07) is 5.94. The van der Waals surface area contributed by atoms with E-state index in [1.54, 1.807) is 23.2 Å². The Morgan fingerprint density at radius 3 is 2.56 bits per heavy atom. The fourth-order valence-corrected chi connectivity index (χ4v) is 4.36. The molecule has 8 nitrogen and oxygen atoms in total. The van der Waals surface area contributed by atoms with Crippen LogP contribution in [-0.2, 0) is 15.1 Å². The standard InChI is InChI=1S/C22H23F2N5O3/c1-14-13-28(7-8-29(14)18-10-16(23)9-17(24)11-18)19(30)4-5-22(15-3-2-6-25-12-15)20(31)26-21(32)27-22/h2-3,6,9-12,14H,4-5,7-8,13H2,1H3,(H2,26,27,31,32)/t14-,22-/m0/s1. The molecule has 0 bridgehead atoms. The van der Waals surface area contributed by atoms with Gasteiger partial charge in [-0.3, -0.25) is 19.9 Å². The van der Waals surface area contributed by atoms with Crippen LogP contribution < -0.4 is 15.5 Å². The first-order valence-electron chi connectivity index (χ1n) is 10.3. The Morgan fingerprint density at radius 2 is 1.97 bits per heavy atom. The van der Waals surface area contributed by atoms with Gasteiger partial charge in [0.2, 0.25) is 5.91 Å². The molecule has 168 valence electrons. The van der Waals surface area contributed by atoms with E-state index in [2.05, 4.69) is 15.6 Å². The van der Waals surface area contributed by atoms with Crippen molar-refractivity contribution < 1.29 is 23.2 Å². The Kier molecular flexibility index (Phi) is 5.77. The van der Waals surface area contributed by atoms with Crippen molar-refractivity contribution in [3.05, 3.63) is 59.9 Å². The first-order valence-corrected chi connectivity index (χ1v) is 10.3. The van der Waals surface area contributed by atoms with Crippen LogP contribution in [0, 0.1) is 11.6 Å². The van der Waals surface area contributed by atoms with E-state index in [0.717, 1.165) is 6.07 Å². The summed E-state index contributed by atoms with van der Waals surface area (Å²) in [5.41, 5.74) is -0.418. The molecule has 2 aliphatic rings. The van der Waals surface area contributed by atoms with Gasteiger partial charge in [-0.15, -0.1) is 0 Å². The Labute approximate surface area is 183 Å². The van der Waals surface area contributed by atoms with E-state index in [0.29, 0.717) is 30.9 Å². The highest BCUT2D eigenvalue weighted by molar-refractivity contribution is 6.07. The Hall–Kier alpha value is -3.56. The molecular weight excluding hydrogens is 420 g/mol. The Morgan fingerprint density at radius 1 is 1.22 bits per heavy atom. The molecule has 2 aliphatic heterocycles. The van der Waals surface area contributed by atoms with Crippen LogP contribution in [0.25, 0.3) is 0 Å². The molecule has 4 amide bonds. The zero-order valence-corrected chi connectivity index (χ0v) is 17.5. The number of halogens is 2. The van der Waals surface area contributed by atoms with Gasteiger partial charge in [0.05, 0.1) is 0 Å². The van der Waals surface area contributed by atoms with Gasteiger partial charge in [-0.1, -0.05) is 6.07 Å². The number of benzene rings is 1. The number of urea groups is 1. The molecule has 2 atom stereocenters.